The molecule has 1 N–H and O–H groups in total. The molecule has 0 saturated carbocycles. The Morgan fingerprint density at radius 1 is 1.22 bits per heavy atom. The summed E-state index contributed by atoms with van der Waals surface area (Å²) in [6, 6.07) is 5.32. The molecule has 0 spiro atoms. The highest BCUT2D eigenvalue weighted by atomic mass is 35.5. The molecule has 1 aromatic carbocycles. The molecular weight excluding hydrogens is 287 g/mol. The van der Waals surface area contributed by atoms with Gasteiger partial charge in [0, 0.05) is 26.9 Å². The number of aromatic nitrogens is 2. The van der Waals surface area contributed by atoms with Crippen molar-refractivity contribution < 1.29 is 0 Å². The van der Waals surface area contributed by atoms with E-state index in [-0.39, 0.29) is 0 Å². The molecule has 0 atom stereocenters. The lowest BCUT2D eigenvalue weighted by atomic mass is 10.1. The third kappa shape index (κ3) is 2.74. The topological polar surface area (TPSA) is 28.7 Å². The predicted molar refractivity (Wildman–Crippen MR) is 79.0 cm³/mol. The Hall–Kier alpha value is -0.900. The average Bonchev–Trinajstić information content (AvgIpc) is 2.31. The van der Waals surface area contributed by atoms with Gasteiger partial charge in [0.1, 0.15) is 10.5 Å². The molecule has 0 amide bonds. The Labute approximate surface area is 121 Å². The van der Waals surface area contributed by atoms with Crippen LogP contribution in [0.25, 0.3) is 11.4 Å². The molecule has 1 heterocycles. The van der Waals surface area contributed by atoms with Crippen LogP contribution in [0.4, 0.5) is 0 Å². The van der Waals surface area contributed by atoms with Crippen LogP contribution in [-0.2, 0) is 6.42 Å². The smallest absolute Gasteiger partial charge is 0.139 e. The molecule has 0 saturated heterocycles. The van der Waals surface area contributed by atoms with Crippen molar-refractivity contribution in [3.63, 3.8) is 0 Å². The summed E-state index contributed by atoms with van der Waals surface area (Å²) >= 11 is 17.2. The minimum Gasteiger partial charge on any atom is -0.343 e. The fourth-order valence-corrected chi connectivity index (χ4v) is 2.50. The molecule has 0 fully saturated rings. The molecule has 0 radical (unpaired) electrons. The van der Waals surface area contributed by atoms with Crippen LogP contribution < -0.4 is 0 Å². The van der Waals surface area contributed by atoms with Crippen LogP contribution in [0.5, 0.6) is 0 Å². The molecule has 5 heteroatoms. The third-order valence-electron chi connectivity index (χ3n) is 2.75. The number of hydrogen-bond acceptors (Lipinski definition) is 2. The van der Waals surface area contributed by atoms with Crippen LogP contribution in [-0.4, -0.2) is 9.97 Å². The number of benzene rings is 1. The first-order valence-electron chi connectivity index (χ1n) is 5.57. The summed E-state index contributed by atoms with van der Waals surface area (Å²) in [7, 11) is 0. The monoisotopic (exact) mass is 298 g/mol. The van der Waals surface area contributed by atoms with E-state index in [9.17, 15) is 0 Å². The van der Waals surface area contributed by atoms with E-state index < -0.39 is 0 Å². The third-order valence-corrected chi connectivity index (χ3v) is 3.58. The molecule has 2 nitrogen and oxygen atoms in total. The largest absolute Gasteiger partial charge is 0.343 e. The summed E-state index contributed by atoms with van der Waals surface area (Å²) in [5.41, 5.74) is 2.94. The molecule has 0 aliphatic rings. The lowest BCUT2D eigenvalue weighted by Gasteiger charge is -2.08. The van der Waals surface area contributed by atoms with Gasteiger partial charge in [-0.3, -0.25) is 0 Å². The minimum absolute atomic E-state index is 0.581. The van der Waals surface area contributed by atoms with Crippen LogP contribution in [0, 0.1) is 11.6 Å². The molecule has 0 unspecified atom stereocenters. The fourth-order valence-electron chi connectivity index (χ4n) is 1.76. The molecule has 0 bridgehead atoms. The Bertz CT molecular complexity index is 630. The molecular formula is C13H12Cl2N2S. The standard InChI is InChI=1S/C13H12Cl2N2S/c1-3-11-7(2)13(18)17-12(16-11)8-4-9(14)6-10(15)5-8/h4-6H,3H2,1-2H3,(H,16,17,18). The van der Waals surface area contributed by atoms with Gasteiger partial charge in [0.25, 0.3) is 0 Å². The molecule has 2 rings (SSSR count). The Morgan fingerprint density at radius 2 is 1.83 bits per heavy atom. The maximum atomic E-state index is 5.99. The van der Waals surface area contributed by atoms with Gasteiger partial charge in [0.15, 0.2) is 0 Å². The second-order valence-corrected chi connectivity index (χ2v) is 5.27. The number of aryl methyl sites for hydroxylation is 1. The highest BCUT2D eigenvalue weighted by molar-refractivity contribution is 7.71. The van der Waals surface area contributed by atoms with Gasteiger partial charge < -0.3 is 4.98 Å². The van der Waals surface area contributed by atoms with E-state index in [1.807, 2.05) is 19.1 Å². The number of halogens is 2. The molecule has 0 aliphatic heterocycles. The lowest BCUT2D eigenvalue weighted by Crippen LogP contribution is -1.99. The highest BCUT2D eigenvalue weighted by Gasteiger charge is 2.07. The number of nitrogens with zero attached hydrogens (tertiary/aromatic N) is 1. The van der Waals surface area contributed by atoms with Gasteiger partial charge in [-0.2, -0.15) is 0 Å². The van der Waals surface area contributed by atoms with Crippen molar-refractivity contribution in [2.45, 2.75) is 20.3 Å². The van der Waals surface area contributed by atoms with E-state index >= 15 is 0 Å². The van der Waals surface area contributed by atoms with Crippen molar-refractivity contribution in [1.29, 1.82) is 0 Å². The van der Waals surface area contributed by atoms with Crippen LogP contribution in [0.2, 0.25) is 10.0 Å². The number of nitrogens with one attached hydrogen (secondary N) is 1. The van der Waals surface area contributed by atoms with Gasteiger partial charge in [-0.05, 0) is 31.5 Å². The van der Waals surface area contributed by atoms with Gasteiger partial charge in [0.2, 0.25) is 0 Å². The predicted octanol–water partition coefficient (Wildman–Crippen LogP) is 4.98. The normalized spacial score (nSPS) is 10.7. The van der Waals surface area contributed by atoms with Crippen LogP contribution in [0.3, 0.4) is 0 Å². The second kappa shape index (κ2) is 5.39. The van der Waals surface area contributed by atoms with E-state index in [1.165, 1.54) is 0 Å². The summed E-state index contributed by atoms with van der Waals surface area (Å²) in [5.74, 6) is 0.701. The van der Waals surface area contributed by atoms with Gasteiger partial charge in [-0.15, -0.1) is 0 Å². The highest BCUT2D eigenvalue weighted by Crippen LogP contribution is 2.25. The first-order chi connectivity index (χ1) is 8.51. The van der Waals surface area contributed by atoms with Crippen molar-refractivity contribution in [1.82, 2.24) is 9.97 Å². The molecule has 94 valence electrons. The second-order valence-electron chi connectivity index (χ2n) is 4.01. The van der Waals surface area contributed by atoms with Crippen LogP contribution >= 0.6 is 35.4 Å². The average molecular weight is 299 g/mol. The van der Waals surface area contributed by atoms with Crippen molar-refractivity contribution in [3.05, 3.63) is 44.1 Å². The molecule has 1 aromatic heterocycles. The van der Waals surface area contributed by atoms with E-state index in [2.05, 4.69) is 16.9 Å². The number of aromatic amines is 1. The number of rotatable bonds is 2. The van der Waals surface area contributed by atoms with Crippen molar-refractivity contribution in [2.75, 3.05) is 0 Å². The Balaban J connectivity index is 2.64. The van der Waals surface area contributed by atoms with E-state index in [1.54, 1.807) is 6.07 Å². The summed E-state index contributed by atoms with van der Waals surface area (Å²) in [4.78, 5) is 7.65. The summed E-state index contributed by atoms with van der Waals surface area (Å²) in [6.07, 6.45) is 0.874. The summed E-state index contributed by atoms with van der Waals surface area (Å²) in [6.45, 7) is 4.04. The number of hydrogen-bond donors (Lipinski definition) is 1. The van der Waals surface area contributed by atoms with Gasteiger partial charge in [0.05, 0.1) is 0 Å². The summed E-state index contributed by atoms with van der Waals surface area (Å²) < 4.78 is 0.608. The molecule has 18 heavy (non-hydrogen) atoms. The number of H-pyrrole nitrogens is 1. The van der Waals surface area contributed by atoms with E-state index in [0.717, 1.165) is 23.2 Å². The maximum absolute atomic E-state index is 5.99. The SMILES string of the molecule is CCc1[nH]c(-c2cc(Cl)cc(Cl)c2)nc(=S)c1C. The zero-order valence-corrected chi connectivity index (χ0v) is 12.4. The zero-order chi connectivity index (χ0) is 13.3. The first-order valence-corrected chi connectivity index (χ1v) is 6.74. The molecule has 0 aliphatic carbocycles. The first kappa shape index (κ1) is 13.5. The Kier molecular flexibility index (Phi) is 4.05. The van der Waals surface area contributed by atoms with Gasteiger partial charge in [-0.25, -0.2) is 4.98 Å². The van der Waals surface area contributed by atoms with Crippen LogP contribution in [0.1, 0.15) is 18.2 Å². The van der Waals surface area contributed by atoms with E-state index in [0.29, 0.717) is 20.5 Å². The van der Waals surface area contributed by atoms with Gasteiger partial charge >= 0.3 is 0 Å². The lowest BCUT2D eigenvalue weighted by molar-refractivity contribution is 0.969. The fraction of sp³-hybridized carbons (Fsp3) is 0.231. The zero-order valence-electron chi connectivity index (χ0n) is 10.1. The van der Waals surface area contributed by atoms with E-state index in [4.69, 9.17) is 35.4 Å². The minimum atomic E-state index is 0.581. The Morgan fingerprint density at radius 3 is 2.39 bits per heavy atom. The summed E-state index contributed by atoms with van der Waals surface area (Å²) in [5, 5.41) is 1.16. The quantitative estimate of drug-likeness (QED) is 0.792. The van der Waals surface area contributed by atoms with Crippen molar-refractivity contribution in [2.24, 2.45) is 0 Å². The molecule has 2 aromatic rings. The van der Waals surface area contributed by atoms with Crippen molar-refractivity contribution in [3.8, 4) is 11.4 Å². The maximum Gasteiger partial charge on any atom is 0.139 e. The van der Waals surface area contributed by atoms with Crippen molar-refractivity contribution >= 4 is 35.4 Å². The van der Waals surface area contributed by atoms with Gasteiger partial charge in [-0.1, -0.05) is 42.3 Å². The van der Waals surface area contributed by atoms with Crippen LogP contribution in [0.15, 0.2) is 18.2 Å².